The number of carbonyl (C=O) groups is 1. The molecule has 0 unspecified atom stereocenters. The van der Waals surface area contributed by atoms with E-state index in [2.05, 4.69) is 5.32 Å². The van der Waals surface area contributed by atoms with Crippen LogP contribution in [0.15, 0.2) is 42.5 Å². The summed E-state index contributed by atoms with van der Waals surface area (Å²) in [5, 5.41) is 3.76. The van der Waals surface area contributed by atoms with Gasteiger partial charge in [0, 0.05) is 15.7 Å². The summed E-state index contributed by atoms with van der Waals surface area (Å²) in [5.74, 6) is -0.427. The number of halogens is 3. The molecule has 3 rings (SSSR count). The molecule has 0 aromatic heterocycles. The molecule has 0 spiro atoms. The SMILES string of the molecule is O=C(Nc1cc(Cl)cc(Cl)c1)C1(c2ccc(F)cc2)CC1. The maximum Gasteiger partial charge on any atom is 0.235 e. The van der Waals surface area contributed by atoms with Gasteiger partial charge in [0.15, 0.2) is 0 Å². The van der Waals surface area contributed by atoms with Crippen molar-refractivity contribution in [3.63, 3.8) is 0 Å². The number of hydrogen-bond donors (Lipinski definition) is 1. The van der Waals surface area contributed by atoms with Crippen LogP contribution >= 0.6 is 23.2 Å². The Balaban J connectivity index is 1.83. The molecule has 0 radical (unpaired) electrons. The van der Waals surface area contributed by atoms with Gasteiger partial charge in [-0.2, -0.15) is 0 Å². The largest absolute Gasteiger partial charge is 0.325 e. The Labute approximate surface area is 131 Å². The lowest BCUT2D eigenvalue weighted by atomic mass is 9.95. The second-order valence-electron chi connectivity index (χ2n) is 5.20. The van der Waals surface area contributed by atoms with Gasteiger partial charge in [-0.3, -0.25) is 4.79 Å². The summed E-state index contributed by atoms with van der Waals surface area (Å²) in [6.07, 6.45) is 1.50. The minimum Gasteiger partial charge on any atom is -0.325 e. The highest BCUT2D eigenvalue weighted by Crippen LogP contribution is 2.49. The second-order valence-corrected chi connectivity index (χ2v) is 6.07. The van der Waals surface area contributed by atoms with Gasteiger partial charge in [-0.1, -0.05) is 35.3 Å². The third kappa shape index (κ3) is 2.89. The quantitative estimate of drug-likeness (QED) is 0.863. The van der Waals surface area contributed by atoms with Gasteiger partial charge in [-0.05, 0) is 48.7 Å². The maximum absolute atomic E-state index is 13.0. The molecular formula is C16H12Cl2FNO. The maximum atomic E-state index is 13.0. The molecule has 0 heterocycles. The number of benzene rings is 2. The number of rotatable bonds is 3. The van der Waals surface area contributed by atoms with Gasteiger partial charge in [0.2, 0.25) is 5.91 Å². The molecule has 1 amide bonds. The van der Waals surface area contributed by atoms with Crippen LogP contribution in [0, 0.1) is 5.82 Å². The van der Waals surface area contributed by atoms with Crippen molar-refractivity contribution in [1.29, 1.82) is 0 Å². The summed E-state index contributed by atoms with van der Waals surface area (Å²) < 4.78 is 13.0. The Morgan fingerprint density at radius 1 is 1.05 bits per heavy atom. The number of amides is 1. The summed E-state index contributed by atoms with van der Waals surface area (Å²) in [7, 11) is 0. The van der Waals surface area contributed by atoms with Crippen molar-refractivity contribution in [2.24, 2.45) is 0 Å². The monoisotopic (exact) mass is 323 g/mol. The third-order valence-electron chi connectivity index (χ3n) is 3.70. The normalized spacial score (nSPS) is 15.6. The summed E-state index contributed by atoms with van der Waals surface area (Å²) in [6.45, 7) is 0. The Bertz CT molecular complexity index is 676. The lowest BCUT2D eigenvalue weighted by Crippen LogP contribution is -2.27. The lowest BCUT2D eigenvalue weighted by Gasteiger charge is -2.16. The van der Waals surface area contributed by atoms with E-state index in [4.69, 9.17) is 23.2 Å². The van der Waals surface area contributed by atoms with Gasteiger partial charge in [0.05, 0.1) is 5.41 Å². The van der Waals surface area contributed by atoms with E-state index in [1.165, 1.54) is 12.1 Å². The standard InChI is InChI=1S/C16H12Cl2FNO/c17-11-7-12(18)9-14(8-11)20-15(21)16(5-6-16)10-1-3-13(19)4-2-10/h1-4,7-9H,5-6H2,(H,20,21). The smallest absolute Gasteiger partial charge is 0.235 e. The molecule has 0 atom stereocenters. The zero-order valence-electron chi connectivity index (χ0n) is 11.0. The average molecular weight is 324 g/mol. The van der Waals surface area contributed by atoms with Gasteiger partial charge in [0.1, 0.15) is 5.82 Å². The molecule has 0 bridgehead atoms. The van der Waals surface area contributed by atoms with Crippen molar-refractivity contribution in [3.8, 4) is 0 Å². The van der Waals surface area contributed by atoms with Crippen LogP contribution in [0.4, 0.5) is 10.1 Å². The molecule has 2 nitrogen and oxygen atoms in total. The van der Waals surface area contributed by atoms with Crippen LogP contribution in [0.25, 0.3) is 0 Å². The molecule has 2 aromatic carbocycles. The fraction of sp³-hybridized carbons (Fsp3) is 0.188. The highest BCUT2D eigenvalue weighted by molar-refractivity contribution is 6.35. The van der Waals surface area contributed by atoms with E-state index in [0.717, 1.165) is 18.4 Å². The molecule has 0 aliphatic heterocycles. The Kier molecular flexibility index (Phi) is 3.64. The van der Waals surface area contributed by atoms with Crippen LogP contribution < -0.4 is 5.32 Å². The number of nitrogens with one attached hydrogen (secondary N) is 1. The van der Waals surface area contributed by atoms with Crippen LogP contribution in [0.3, 0.4) is 0 Å². The van der Waals surface area contributed by atoms with E-state index < -0.39 is 5.41 Å². The molecule has 2 aromatic rings. The van der Waals surface area contributed by atoms with Gasteiger partial charge in [-0.15, -0.1) is 0 Å². The van der Waals surface area contributed by atoms with Crippen LogP contribution in [0.2, 0.25) is 10.0 Å². The topological polar surface area (TPSA) is 29.1 Å². The fourth-order valence-corrected chi connectivity index (χ4v) is 2.94. The zero-order valence-corrected chi connectivity index (χ0v) is 12.5. The first-order valence-electron chi connectivity index (χ1n) is 6.53. The van der Waals surface area contributed by atoms with Gasteiger partial charge in [-0.25, -0.2) is 4.39 Å². The molecule has 21 heavy (non-hydrogen) atoms. The van der Waals surface area contributed by atoms with Gasteiger partial charge >= 0.3 is 0 Å². The first kappa shape index (κ1) is 14.4. The second kappa shape index (κ2) is 5.32. The van der Waals surface area contributed by atoms with Crippen molar-refractivity contribution >= 4 is 34.8 Å². The molecule has 1 fully saturated rings. The minimum absolute atomic E-state index is 0.118. The summed E-state index contributed by atoms with van der Waals surface area (Å²) in [6, 6.07) is 11.0. The van der Waals surface area contributed by atoms with Crippen LogP contribution in [0.1, 0.15) is 18.4 Å². The molecule has 108 valence electrons. The molecule has 1 N–H and O–H groups in total. The molecule has 5 heteroatoms. The molecule has 1 saturated carbocycles. The Morgan fingerprint density at radius 3 is 2.14 bits per heavy atom. The van der Waals surface area contributed by atoms with Gasteiger partial charge in [0.25, 0.3) is 0 Å². The highest BCUT2D eigenvalue weighted by atomic mass is 35.5. The van der Waals surface area contributed by atoms with Crippen molar-refractivity contribution in [2.45, 2.75) is 18.3 Å². The Hall–Kier alpha value is -1.58. The average Bonchev–Trinajstić information content (AvgIpc) is 3.19. The van der Waals surface area contributed by atoms with Crippen LogP contribution in [0.5, 0.6) is 0 Å². The third-order valence-corrected chi connectivity index (χ3v) is 4.14. The summed E-state index contributed by atoms with van der Waals surface area (Å²) >= 11 is 11.8. The van der Waals surface area contributed by atoms with Crippen LogP contribution in [-0.2, 0) is 10.2 Å². The highest BCUT2D eigenvalue weighted by Gasteiger charge is 2.51. The van der Waals surface area contributed by atoms with E-state index in [1.54, 1.807) is 30.3 Å². The van der Waals surface area contributed by atoms with E-state index in [0.29, 0.717) is 15.7 Å². The van der Waals surface area contributed by atoms with E-state index in [-0.39, 0.29) is 11.7 Å². The first-order valence-corrected chi connectivity index (χ1v) is 7.29. The van der Waals surface area contributed by atoms with E-state index >= 15 is 0 Å². The minimum atomic E-state index is -0.567. The number of hydrogen-bond acceptors (Lipinski definition) is 1. The summed E-state index contributed by atoms with van der Waals surface area (Å²) in [4.78, 5) is 12.5. The predicted octanol–water partition coefficient (Wildman–Crippen LogP) is 4.80. The number of anilines is 1. The molecule has 1 aliphatic rings. The first-order chi connectivity index (χ1) is 9.99. The summed E-state index contributed by atoms with van der Waals surface area (Å²) in [5.41, 5.74) is 0.822. The van der Waals surface area contributed by atoms with Crippen molar-refractivity contribution in [2.75, 3.05) is 5.32 Å². The molecule has 1 aliphatic carbocycles. The van der Waals surface area contributed by atoms with Crippen molar-refractivity contribution in [1.82, 2.24) is 0 Å². The molecular weight excluding hydrogens is 312 g/mol. The van der Waals surface area contributed by atoms with Crippen molar-refractivity contribution < 1.29 is 9.18 Å². The van der Waals surface area contributed by atoms with Gasteiger partial charge < -0.3 is 5.32 Å². The van der Waals surface area contributed by atoms with Crippen molar-refractivity contribution in [3.05, 3.63) is 63.9 Å². The zero-order chi connectivity index (χ0) is 15.0. The van der Waals surface area contributed by atoms with E-state index in [1.807, 2.05) is 0 Å². The van der Waals surface area contributed by atoms with Crippen LogP contribution in [-0.4, -0.2) is 5.91 Å². The van der Waals surface area contributed by atoms with E-state index in [9.17, 15) is 9.18 Å². The fourth-order valence-electron chi connectivity index (χ4n) is 2.42. The lowest BCUT2D eigenvalue weighted by molar-refractivity contribution is -0.118. The molecule has 0 saturated heterocycles. The predicted molar refractivity (Wildman–Crippen MR) is 82.4 cm³/mol. The number of carbonyl (C=O) groups excluding carboxylic acids is 1. The Morgan fingerprint density at radius 2 is 1.62 bits per heavy atom.